The van der Waals surface area contributed by atoms with Crippen LogP contribution in [0.5, 0.6) is 0 Å². The molecule has 0 N–H and O–H groups in total. The number of benzene rings is 1. The molecule has 6 heteroatoms. The normalized spacial score (nSPS) is 13.2. The van der Waals surface area contributed by atoms with Crippen molar-refractivity contribution in [1.29, 1.82) is 5.26 Å². The lowest BCUT2D eigenvalue weighted by molar-refractivity contribution is -0.384. The third-order valence-corrected chi connectivity index (χ3v) is 3.18. The number of hydrogen-bond acceptors (Lipinski definition) is 4. The summed E-state index contributed by atoms with van der Waals surface area (Å²) >= 11 is 0. The summed E-state index contributed by atoms with van der Waals surface area (Å²) in [7, 11) is 1.55. The molecular weight excluding hydrogens is 246 g/mol. The van der Waals surface area contributed by atoms with E-state index in [1.807, 2.05) is 6.07 Å². The Kier molecular flexibility index (Phi) is 4.22. The molecule has 19 heavy (non-hydrogen) atoms. The second kappa shape index (κ2) is 5.48. The average Bonchev–Trinajstić information content (AvgIpc) is 2.44. The molecule has 0 aliphatic rings. The van der Waals surface area contributed by atoms with E-state index >= 15 is 0 Å². The monoisotopic (exact) mass is 261 g/mol. The minimum atomic E-state index is -1.09. The van der Waals surface area contributed by atoms with Crippen LogP contribution in [0.25, 0.3) is 0 Å². The minimum Gasteiger partial charge on any atom is -0.314 e. The molecule has 0 saturated carbocycles. The number of nitro groups is 1. The van der Waals surface area contributed by atoms with Crippen molar-refractivity contribution in [3.05, 3.63) is 34.4 Å². The standard InChI is InChI=1S/C13H15N3O3/c1-4-13(2,9-14)12(17)15(3)10-5-7-11(8-6-10)16(18)19/h5-8H,4H2,1-3H3. The number of amides is 1. The van der Waals surface area contributed by atoms with Crippen molar-refractivity contribution >= 4 is 17.3 Å². The van der Waals surface area contributed by atoms with E-state index < -0.39 is 10.3 Å². The molecule has 100 valence electrons. The zero-order chi connectivity index (χ0) is 14.6. The maximum absolute atomic E-state index is 12.2. The van der Waals surface area contributed by atoms with E-state index in [-0.39, 0.29) is 11.6 Å². The van der Waals surface area contributed by atoms with Gasteiger partial charge in [0.05, 0.1) is 11.0 Å². The predicted octanol–water partition coefficient (Wildman–Crippen LogP) is 2.50. The number of nitrogens with zero attached hydrogens (tertiary/aromatic N) is 3. The lowest BCUT2D eigenvalue weighted by atomic mass is 9.88. The van der Waals surface area contributed by atoms with Gasteiger partial charge < -0.3 is 4.90 Å². The van der Waals surface area contributed by atoms with E-state index in [0.717, 1.165) is 0 Å². The summed E-state index contributed by atoms with van der Waals surface area (Å²) in [5.41, 5.74) is -0.607. The van der Waals surface area contributed by atoms with E-state index in [9.17, 15) is 14.9 Å². The molecule has 0 fully saturated rings. The van der Waals surface area contributed by atoms with Gasteiger partial charge in [0.15, 0.2) is 0 Å². The topological polar surface area (TPSA) is 87.2 Å². The smallest absolute Gasteiger partial charge is 0.269 e. The van der Waals surface area contributed by atoms with Crippen LogP contribution in [0.2, 0.25) is 0 Å². The molecule has 6 nitrogen and oxygen atoms in total. The Labute approximate surface area is 111 Å². The first-order chi connectivity index (χ1) is 8.85. The zero-order valence-electron chi connectivity index (χ0n) is 11.1. The molecule has 0 heterocycles. The first-order valence-electron chi connectivity index (χ1n) is 5.79. The molecule has 0 radical (unpaired) electrons. The summed E-state index contributed by atoms with van der Waals surface area (Å²) in [4.78, 5) is 23.6. The van der Waals surface area contributed by atoms with Gasteiger partial charge in [0, 0.05) is 24.9 Å². The molecule has 0 spiro atoms. The highest BCUT2D eigenvalue weighted by Crippen LogP contribution is 2.26. The van der Waals surface area contributed by atoms with Crippen LogP contribution in [0.15, 0.2) is 24.3 Å². The Morgan fingerprint density at radius 3 is 2.37 bits per heavy atom. The van der Waals surface area contributed by atoms with E-state index in [2.05, 4.69) is 0 Å². The molecule has 0 aliphatic heterocycles. The van der Waals surface area contributed by atoms with Crippen LogP contribution >= 0.6 is 0 Å². The fraction of sp³-hybridized carbons (Fsp3) is 0.385. The maximum atomic E-state index is 12.2. The summed E-state index contributed by atoms with van der Waals surface area (Å²) < 4.78 is 0. The van der Waals surface area contributed by atoms with Crippen molar-refractivity contribution in [3.63, 3.8) is 0 Å². The summed E-state index contributed by atoms with van der Waals surface area (Å²) in [6.07, 6.45) is 0.402. The molecule has 0 aromatic heterocycles. The van der Waals surface area contributed by atoms with Crippen LogP contribution < -0.4 is 4.90 Å². The first kappa shape index (κ1) is 14.6. The number of nitriles is 1. The molecule has 1 amide bonds. The Morgan fingerprint density at radius 1 is 1.47 bits per heavy atom. The van der Waals surface area contributed by atoms with E-state index in [1.54, 1.807) is 20.9 Å². The van der Waals surface area contributed by atoms with E-state index in [0.29, 0.717) is 12.1 Å². The number of carbonyl (C=O) groups is 1. The molecule has 1 aromatic carbocycles. The molecule has 0 saturated heterocycles. The average molecular weight is 261 g/mol. The van der Waals surface area contributed by atoms with Gasteiger partial charge >= 0.3 is 0 Å². The quantitative estimate of drug-likeness (QED) is 0.615. The Bertz CT molecular complexity index is 533. The zero-order valence-corrected chi connectivity index (χ0v) is 11.1. The summed E-state index contributed by atoms with van der Waals surface area (Å²) in [6.45, 7) is 3.35. The predicted molar refractivity (Wildman–Crippen MR) is 70.5 cm³/mol. The lowest BCUT2D eigenvalue weighted by Crippen LogP contribution is -2.39. The van der Waals surface area contributed by atoms with Gasteiger partial charge in [-0.2, -0.15) is 5.26 Å². The molecular formula is C13H15N3O3. The number of anilines is 1. The minimum absolute atomic E-state index is 0.0388. The first-order valence-corrected chi connectivity index (χ1v) is 5.79. The Morgan fingerprint density at radius 2 is 2.00 bits per heavy atom. The molecule has 1 rings (SSSR count). The van der Waals surface area contributed by atoms with Crippen LogP contribution in [0, 0.1) is 26.9 Å². The van der Waals surface area contributed by atoms with E-state index in [1.165, 1.54) is 29.2 Å². The van der Waals surface area contributed by atoms with Gasteiger partial charge in [-0.25, -0.2) is 0 Å². The molecule has 1 aromatic rings. The number of non-ortho nitro benzene ring substituents is 1. The lowest BCUT2D eigenvalue weighted by Gasteiger charge is -2.26. The highest BCUT2D eigenvalue weighted by atomic mass is 16.6. The summed E-state index contributed by atoms with van der Waals surface area (Å²) in [6, 6.07) is 7.64. The van der Waals surface area contributed by atoms with Crippen molar-refractivity contribution in [2.45, 2.75) is 20.3 Å². The van der Waals surface area contributed by atoms with Crippen LogP contribution in [0.1, 0.15) is 20.3 Å². The van der Waals surface area contributed by atoms with Crippen molar-refractivity contribution in [2.24, 2.45) is 5.41 Å². The van der Waals surface area contributed by atoms with Crippen LogP contribution in [0.3, 0.4) is 0 Å². The van der Waals surface area contributed by atoms with E-state index in [4.69, 9.17) is 5.26 Å². The van der Waals surface area contributed by atoms with Gasteiger partial charge in [-0.3, -0.25) is 14.9 Å². The van der Waals surface area contributed by atoms with Crippen molar-refractivity contribution in [1.82, 2.24) is 0 Å². The Balaban J connectivity index is 3.01. The van der Waals surface area contributed by atoms with Crippen LogP contribution in [0.4, 0.5) is 11.4 Å². The summed E-state index contributed by atoms with van der Waals surface area (Å²) in [5, 5.41) is 19.6. The SMILES string of the molecule is CCC(C)(C#N)C(=O)N(C)c1ccc([N+](=O)[O-])cc1. The highest BCUT2D eigenvalue weighted by Gasteiger charge is 2.34. The van der Waals surface area contributed by atoms with Gasteiger partial charge in [-0.1, -0.05) is 6.92 Å². The molecule has 1 unspecified atom stereocenters. The van der Waals surface area contributed by atoms with Gasteiger partial charge in [-0.15, -0.1) is 0 Å². The van der Waals surface area contributed by atoms with Crippen molar-refractivity contribution < 1.29 is 9.72 Å². The molecule has 0 aliphatic carbocycles. The largest absolute Gasteiger partial charge is 0.314 e. The maximum Gasteiger partial charge on any atom is 0.269 e. The third-order valence-electron chi connectivity index (χ3n) is 3.18. The Hall–Kier alpha value is -2.42. The summed E-state index contributed by atoms with van der Waals surface area (Å²) in [5.74, 6) is -0.327. The van der Waals surface area contributed by atoms with Crippen molar-refractivity contribution in [2.75, 3.05) is 11.9 Å². The number of rotatable bonds is 4. The molecule has 1 atom stereocenters. The van der Waals surface area contributed by atoms with Gasteiger partial charge in [0.1, 0.15) is 5.41 Å². The van der Waals surface area contributed by atoms with Crippen LogP contribution in [-0.4, -0.2) is 17.9 Å². The third kappa shape index (κ3) is 2.88. The van der Waals surface area contributed by atoms with Gasteiger partial charge in [-0.05, 0) is 25.5 Å². The van der Waals surface area contributed by atoms with Crippen LogP contribution in [-0.2, 0) is 4.79 Å². The number of nitro benzene ring substituents is 1. The highest BCUT2D eigenvalue weighted by molar-refractivity contribution is 5.98. The fourth-order valence-electron chi connectivity index (χ4n) is 1.56. The van der Waals surface area contributed by atoms with Gasteiger partial charge in [0.25, 0.3) is 5.69 Å². The second-order valence-electron chi connectivity index (χ2n) is 4.44. The number of hydrogen-bond donors (Lipinski definition) is 0. The second-order valence-corrected chi connectivity index (χ2v) is 4.44. The fourth-order valence-corrected chi connectivity index (χ4v) is 1.56. The van der Waals surface area contributed by atoms with Crippen molar-refractivity contribution in [3.8, 4) is 6.07 Å². The van der Waals surface area contributed by atoms with Gasteiger partial charge in [0.2, 0.25) is 5.91 Å². The number of carbonyl (C=O) groups excluding carboxylic acids is 1. The molecule has 0 bridgehead atoms.